The minimum Gasteiger partial charge on any atom is -0.342 e. The highest BCUT2D eigenvalue weighted by Crippen LogP contribution is 2.55. The van der Waals surface area contributed by atoms with Crippen LogP contribution in [0, 0.1) is 29.6 Å². The standard InChI is InChI=1S/C17H28N2O/c1-19(17(20)13-3-2-4-18-10-13)16-14-6-11-5-12(8-14)9-15(16)7-11/h11-16,18H,2-10H2,1H3/t11?,12?,13-,14?,15?,16?/m0/s1. The predicted octanol–water partition coefficient (Wildman–Crippen LogP) is 2.27. The van der Waals surface area contributed by atoms with E-state index in [1.807, 2.05) is 0 Å². The molecular formula is C17H28N2O. The average Bonchev–Trinajstić information content (AvgIpc) is 2.46. The van der Waals surface area contributed by atoms with Crippen molar-refractivity contribution in [2.24, 2.45) is 29.6 Å². The molecule has 1 amide bonds. The lowest BCUT2D eigenvalue weighted by Gasteiger charge is -2.57. The van der Waals surface area contributed by atoms with Crippen molar-refractivity contribution in [2.75, 3.05) is 20.1 Å². The predicted molar refractivity (Wildman–Crippen MR) is 79.2 cm³/mol. The summed E-state index contributed by atoms with van der Waals surface area (Å²) in [6.07, 6.45) is 9.34. The minimum absolute atomic E-state index is 0.242. The second-order valence-corrected chi connectivity index (χ2v) is 7.91. The normalized spacial score (nSPS) is 46.5. The molecule has 4 aliphatic carbocycles. The molecule has 3 nitrogen and oxygen atoms in total. The molecule has 0 unspecified atom stereocenters. The van der Waals surface area contributed by atoms with E-state index >= 15 is 0 Å². The quantitative estimate of drug-likeness (QED) is 0.839. The maximum atomic E-state index is 12.8. The maximum Gasteiger partial charge on any atom is 0.226 e. The van der Waals surface area contributed by atoms with Crippen LogP contribution in [0.4, 0.5) is 0 Å². The molecule has 0 spiro atoms. The van der Waals surface area contributed by atoms with E-state index in [1.165, 1.54) is 32.1 Å². The van der Waals surface area contributed by atoms with E-state index in [0.29, 0.717) is 11.9 Å². The first-order valence-electron chi connectivity index (χ1n) is 8.69. The van der Waals surface area contributed by atoms with Crippen molar-refractivity contribution in [3.05, 3.63) is 0 Å². The average molecular weight is 276 g/mol. The summed E-state index contributed by atoms with van der Waals surface area (Å²) >= 11 is 0. The summed E-state index contributed by atoms with van der Waals surface area (Å²) in [6, 6.07) is 0.567. The summed E-state index contributed by atoms with van der Waals surface area (Å²) in [5.74, 6) is 4.29. The summed E-state index contributed by atoms with van der Waals surface area (Å²) in [6.45, 7) is 1.99. The van der Waals surface area contributed by atoms with Gasteiger partial charge in [0.15, 0.2) is 0 Å². The number of hydrogen-bond acceptors (Lipinski definition) is 2. The van der Waals surface area contributed by atoms with Gasteiger partial charge in [-0.3, -0.25) is 4.79 Å². The molecule has 0 aromatic heterocycles. The second kappa shape index (κ2) is 5.01. The van der Waals surface area contributed by atoms with Gasteiger partial charge in [-0.05, 0) is 75.2 Å². The fourth-order valence-electron chi connectivity index (χ4n) is 6.03. The first-order valence-corrected chi connectivity index (χ1v) is 8.69. The number of nitrogens with one attached hydrogen (secondary N) is 1. The van der Waals surface area contributed by atoms with Gasteiger partial charge in [0.05, 0.1) is 5.92 Å². The topological polar surface area (TPSA) is 32.3 Å². The number of carbonyl (C=O) groups excluding carboxylic acids is 1. The molecule has 5 aliphatic rings. The first-order chi connectivity index (χ1) is 9.72. The highest BCUT2D eigenvalue weighted by Gasteiger charge is 2.50. The number of amides is 1. The van der Waals surface area contributed by atoms with Crippen LogP contribution >= 0.6 is 0 Å². The van der Waals surface area contributed by atoms with Gasteiger partial charge in [-0.2, -0.15) is 0 Å². The molecule has 1 aliphatic heterocycles. The highest BCUT2D eigenvalue weighted by molar-refractivity contribution is 5.79. The number of carbonyl (C=O) groups is 1. The molecule has 0 aromatic carbocycles. The van der Waals surface area contributed by atoms with Gasteiger partial charge in [-0.15, -0.1) is 0 Å². The Hall–Kier alpha value is -0.570. The van der Waals surface area contributed by atoms with E-state index in [1.54, 1.807) is 0 Å². The lowest BCUT2D eigenvalue weighted by Crippen LogP contribution is -2.57. The largest absolute Gasteiger partial charge is 0.342 e. The van der Waals surface area contributed by atoms with Crippen LogP contribution < -0.4 is 5.32 Å². The third-order valence-corrected chi connectivity index (χ3v) is 6.62. The zero-order valence-corrected chi connectivity index (χ0v) is 12.7. The zero-order chi connectivity index (χ0) is 13.7. The Morgan fingerprint density at radius 1 is 1.05 bits per heavy atom. The molecule has 3 heteroatoms. The number of hydrogen-bond donors (Lipinski definition) is 1. The molecule has 112 valence electrons. The van der Waals surface area contributed by atoms with E-state index in [0.717, 1.165) is 49.6 Å². The van der Waals surface area contributed by atoms with E-state index < -0.39 is 0 Å². The van der Waals surface area contributed by atoms with E-state index in [2.05, 4.69) is 17.3 Å². The Labute approximate surface area is 122 Å². The summed E-state index contributed by atoms with van der Waals surface area (Å²) in [5, 5.41) is 3.39. The summed E-state index contributed by atoms with van der Waals surface area (Å²) < 4.78 is 0. The van der Waals surface area contributed by atoms with E-state index in [-0.39, 0.29) is 5.92 Å². The third kappa shape index (κ3) is 2.09. The Morgan fingerprint density at radius 2 is 1.70 bits per heavy atom. The summed E-state index contributed by atoms with van der Waals surface area (Å²) in [5.41, 5.74) is 0. The molecule has 1 N–H and O–H groups in total. The lowest BCUT2D eigenvalue weighted by atomic mass is 9.54. The van der Waals surface area contributed by atoms with E-state index in [4.69, 9.17) is 0 Å². The number of piperidine rings is 1. The molecule has 20 heavy (non-hydrogen) atoms. The monoisotopic (exact) mass is 276 g/mol. The van der Waals surface area contributed by atoms with Crippen molar-refractivity contribution in [3.8, 4) is 0 Å². The Balaban J connectivity index is 1.47. The van der Waals surface area contributed by atoms with Gasteiger partial charge in [0.1, 0.15) is 0 Å². The Bertz CT molecular complexity index is 360. The summed E-state index contributed by atoms with van der Waals surface area (Å²) in [7, 11) is 2.10. The van der Waals surface area contributed by atoms with Crippen molar-refractivity contribution < 1.29 is 4.79 Å². The van der Waals surface area contributed by atoms with E-state index in [9.17, 15) is 4.79 Å². The van der Waals surface area contributed by atoms with Crippen LogP contribution in [0.15, 0.2) is 0 Å². The molecule has 0 aromatic rings. The molecule has 5 rings (SSSR count). The SMILES string of the molecule is CN(C(=O)[C@H]1CCCNC1)C1C2CC3CC(C2)CC1C3. The van der Waals surface area contributed by atoms with Gasteiger partial charge in [0.25, 0.3) is 0 Å². The van der Waals surface area contributed by atoms with Gasteiger partial charge in [-0.25, -0.2) is 0 Å². The number of rotatable bonds is 2. The van der Waals surface area contributed by atoms with Crippen LogP contribution in [0.5, 0.6) is 0 Å². The van der Waals surface area contributed by atoms with Crippen molar-refractivity contribution in [3.63, 3.8) is 0 Å². The molecule has 0 radical (unpaired) electrons. The van der Waals surface area contributed by atoms with Gasteiger partial charge >= 0.3 is 0 Å². The fraction of sp³-hybridized carbons (Fsp3) is 0.941. The fourth-order valence-corrected chi connectivity index (χ4v) is 6.03. The molecule has 1 atom stereocenters. The summed E-state index contributed by atoms with van der Waals surface area (Å²) in [4.78, 5) is 15.0. The minimum atomic E-state index is 0.242. The lowest BCUT2D eigenvalue weighted by molar-refractivity contribution is -0.145. The van der Waals surface area contributed by atoms with Crippen LogP contribution in [-0.4, -0.2) is 37.0 Å². The maximum absolute atomic E-state index is 12.8. The number of nitrogens with zero attached hydrogens (tertiary/aromatic N) is 1. The van der Waals surface area contributed by atoms with Crippen LogP contribution in [0.25, 0.3) is 0 Å². The van der Waals surface area contributed by atoms with Crippen LogP contribution in [0.2, 0.25) is 0 Å². The Morgan fingerprint density at radius 3 is 2.25 bits per heavy atom. The van der Waals surface area contributed by atoms with Gasteiger partial charge in [0.2, 0.25) is 5.91 Å². The Kier molecular flexibility index (Phi) is 3.29. The first kappa shape index (κ1) is 13.1. The van der Waals surface area contributed by atoms with Gasteiger partial charge < -0.3 is 10.2 Å². The van der Waals surface area contributed by atoms with Gasteiger partial charge in [-0.1, -0.05) is 0 Å². The van der Waals surface area contributed by atoms with Gasteiger partial charge in [0, 0.05) is 19.6 Å². The molecular weight excluding hydrogens is 248 g/mol. The molecule has 1 heterocycles. The molecule has 1 saturated heterocycles. The molecule has 4 bridgehead atoms. The van der Waals surface area contributed by atoms with Crippen molar-refractivity contribution in [2.45, 2.75) is 51.0 Å². The van der Waals surface area contributed by atoms with Crippen LogP contribution in [0.1, 0.15) is 44.9 Å². The van der Waals surface area contributed by atoms with Crippen LogP contribution in [0.3, 0.4) is 0 Å². The molecule has 5 fully saturated rings. The van der Waals surface area contributed by atoms with Crippen molar-refractivity contribution in [1.82, 2.24) is 10.2 Å². The molecule has 4 saturated carbocycles. The second-order valence-electron chi connectivity index (χ2n) is 7.91. The highest BCUT2D eigenvalue weighted by atomic mass is 16.2. The third-order valence-electron chi connectivity index (χ3n) is 6.62. The van der Waals surface area contributed by atoms with Crippen LogP contribution in [-0.2, 0) is 4.79 Å². The van der Waals surface area contributed by atoms with Crippen molar-refractivity contribution >= 4 is 5.91 Å². The van der Waals surface area contributed by atoms with Crippen molar-refractivity contribution in [1.29, 1.82) is 0 Å². The smallest absolute Gasteiger partial charge is 0.226 e. The zero-order valence-electron chi connectivity index (χ0n) is 12.7.